The SMILES string of the molecule is COc1ccc(/C(C)=N/NC(=O)COc2ccc(Br)cc2)c(OC)c1. The highest BCUT2D eigenvalue weighted by atomic mass is 79.9. The second kappa shape index (κ2) is 9.08. The fraction of sp³-hybridized carbons (Fsp3) is 0.222. The molecule has 132 valence electrons. The van der Waals surface area contributed by atoms with Crippen LogP contribution in [0, 0.1) is 0 Å². The Balaban J connectivity index is 1.96. The Morgan fingerprint density at radius 3 is 2.40 bits per heavy atom. The minimum absolute atomic E-state index is 0.127. The van der Waals surface area contributed by atoms with Crippen LogP contribution in [-0.4, -0.2) is 32.4 Å². The lowest BCUT2D eigenvalue weighted by Gasteiger charge is -2.10. The van der Waals surface area contributed by atoms with Crippen molar-refractivity contribution in [2.75, 3.05) is 20.8 Å². The van der Waals surface area contributed by atoms with Crippen LogP contribution in [0.3, 0.4) is 0 Å². The number of hydrogen-bond donors (Lipinski definition) is 1. The minimum atomic E-state index is -0.352. The highest BCUT2D eigenvalue weighted by molar-refractivity contribution is 9.10. The van der Waals surface area contributed by atoms with Crippen LogP contribution in [0.4, 0.5) is 0 Å². The molecule has 0 atom stereocenters. The first-order valence-corrected chi connectivity index (χ1v) is 8.26. The lowest BCUT2D eigenvalue weighted by atomic mass is 10.1. The van der Waals surface area contributed by atoms with E-state index in [4.69, 9.17) is 14.2 Å². The summed E-state index contributed by atoms with van der Waals surface area (Å²) in [6.45, 7) is 1.65. The van der Waals surface area contributed by atoms with Gasteiger partial charge < -0.3 is 14.2 Å². The number of carbonyl (C=O) groups excluding carboxylic acids is 1. The van der Waals surface area contributed by atoms with Crippen molar-refractivity contribution in [1.29, 1.82) is 0 Å². The Bertz CT molecular complexity index is 760. The fourth-order valence-corrected chi connectivity index (χ4v) is 2.28. The first-order valence-electron chi connectivity index (χ1n) is 7.47. The molecule has 0 aliphatic rings. The minimum Gasteiger partial charge on any atom is -0.497 e. The highest BCUT2D eigenvalue weighted by Crippen LogP contribution is 2.25. The van der Waals surface area contributed by atoms with Gasteiger partial charge in [-0.05, 0) is 43.3 Å². The third-order valence-electron chi connectivity index (χ3n) is 3.33. The number of nitrogens with zero attached hydrogens (tertiary/aromatic N) is 1. The van der Waals surface area contributed by atoms with Gasteiger partial charge in [0.05, 0.1) is 19.9 Å². The van der Waals surface area contributed by atoms with Crippen LogP contribution in [0.15, 0.2) is 52.0 Å². The average Bonchev–Trinajstić information content (AvgIpc) is 2.65. The molecule has 2 aromatic carbocycles. The smallest absolute Gasteiger partial charge is 0.277 e. The number of nitrogens with one attached hydrogen (secondary N) is 1. The summed E-state index contributed by atoms with van der Waals surface area (Å²) in [4.78, 5) is 11.9. The van der Waals surface area contributed by atoms with Gasteiger partial charge in [0.15, 0.2) is 6.61 Å². The van der Waals surface area contributed by atoms with Crippen molar-refractivity contribution in [2.24, 2.45) is 5.10 Å². The number of ether oxygens (including phenoxy) is 3. The molecule has 0 aliphatic carbocycles. The van der Waals surface area contributed by atoms with E-state index in [1.54, 1.807) is 45.4 Å². The zero-order valence-corrected chi connectivity index (χ0v) is 15.8. The van der Waals surface area contributed by atoms with Gasteiger partial charge in [0, 0.05) is 16.1 Å². The molecule has 0 aromatic heterocycles. The van der Waals surface area contributed by atoms with Gasteiger partial charge in [-0.1, -0.05) is 15.9 Å². The van der Waals surface area contributed by atoms with Crippen molar-refractivity contribution >= 4 is 27.5 Å². The Labute approximate surface area is 154 Å². The quantitative estimate of drug-likeness (QED) is 0.565. The fourth-order valence-electron chi connectivity index (χ4n) is 2.02. The van der Waals surface area contributed by atoms with Gasteiger partial charge in [-0.25, -0.2) is 5.43 Å². The summed E-state index contributed by atoms with van der Waals surface area (Å²) < 4.78 is 16.8. The van der Waals surface area contributed by atoms with E-state index in [1.807, 2.05) is 18.2 Å². The van der Waals surface area contributed by atoms with Crippen molar-refractivity contribution < 1.29 is 19.0 Å². The van der Waals surface area contributed by atoms with Crippen LogP contribution in [0.1, 0.15) is 12.5 Å². The molecule has 2 aromatic rings. The number of halogens is 1. The summed E-state index contributed by atoms with van der Waals surface area (Å²) in [5.74, 6) is 1.55. The number of hydrogen-bond acceptors (Lipinski definition) is 5. The number of carbonyl (C=O) groups is 1. The van der Waals surface area contributed by atoms with E-state index in [9.17, 15) is 4.79 Å². The summed E-state index contributed by atoms with van der Waals surface area (Å²) in [5.41, 5.74) is 3.84. The first kappa shape index (κ1) is 18.8. The van der Waals surface area contributed by atoms with Crippen LogP contribution >= 0.6 is 15.9 Å². The van der Waals surface area contributed by atoms with E-state index in [0.717, 1.165) is 10.0 Å². The van der Waals surface area contributed by atoms with E-state index in [2.05, 4.69) is 26.5 Å². The van der Waals surface area contributed by atoms with Crippen molar-refractivity contribution in [2.45, 2.75) is 6.92 Å². The average molecular weight is 407 g/mol. The van der Waals surface area contributed by atoms with Gasteiger partial charge in [-0.3, -0.25) is 4.79 Å². The number of hydrazone groups is 1. The standard InChI is InChI=1S/C18H19BrN2O4/c1-12(16-9-8-15(23-2)10-17(16)24-3)20-21-18(22)11-25-14-6-4-13(19)5-7-14/h4-10H,11H2,1-3H3,(H,21,22)/b20-12+. The Hall–Kier alpha value is -2.54. The van der Waals surface area contributed by atoms with Crippen LogP contribution < -0.4 is 19.6 Å². The normalized spacial score (nSPS) is 11.0. The molecule has 25 heavy (non-hydrogen) atoms. The lowest BCUT2D eigenvalue weighted by molar-refractivity contribution is -0.123. The molecule has 1 N–H and O–H groups in total. The Kier molecular flexibility index (Phi) is 6.82. The molecule has 6 nitrogen and oxygen atoms in total. The topological polar surface area (TPSA) is 69.2 Å². The summed E-state index contributed by atoms with van der Waals surface area (Å²) in [7, 11) is 3.15. The largest absolute Gasteiger partial charge is 0.497 e. The van der Waals surface area contributed by atoms with Crippen LogP contribution in [-0.2, 0) is 4.79 Å². The highest BCUT2D eigenvalue weighted by Gasteiger charge is 2.09. The number of amides is 1. The Morgan fingerprint density at radius 1 is 1.08 bits per heavy atom. The third kappa shape index (κ3) is 5.49. The molecule has 0 unspecified atom stereocenters. The van der Waals surface area contributed by atoms with Gasteiger partial charge in [0.1, 0.15) is 17.2 Å². The second-order valence-electron chi connectivity index (χ2n) is 5.04. The summed E-state index contributed by atoms with van der Waals surface area (Å²) in [5, 5.41) is 4.09. The summed E-state index contributed by atoms with van der Waals surface area (Å²) in [6.07, 6.45) is 0. The van der Waals surface area contributed by atoms with Crippen molar-refractivity contribution in [3.05, 3.63) is 52.5 Å². The first-order chi connectivity index (χ1) is 12.0. The van der Waals surface area contributed by atoms with Crippen molar-refractivity contribution in [1.82, 2.24) is 5.43 Å². The monoisotopic (exact) mass is 406 g/mol. The molecule has 0 aliphatic heterocycles. The van der Waals surface area contributed by atoms with E-state index < -0.39 is 0 Å². The molecule has 0 saturated heterocycles. The zero-order valence-electron chi connectivity index (χ0n) is 14.2. The predicted octanol–water partition coefficient (Wildman–Crippen LogP) is 3.39. The van der Waals surface area contributed by atoms with E-state index in [0.29, 0.717) is 23.0 Å². The second-order valence-corrected chi connectivity index (χ2v) is 5.96. The van der Waals surface area contributed by atoms with Gasteiger partial charge in [-0.2, -0.15) is 5.10 Å². The molecule has 2 rings (SSSR count). The maximum Gasteiger partial charge on any atom is 0.277 e. The molecule has 0 saturated carbocycles. The molecule has 1 amide bonds. The molecule has 0 heterocycles. The molecular formula is C18H19BrN2O4. The Morgan fingerprint density at radius 2 is 1.76 bits per heavy atom. The lowest BCUT2D eigenvalue weighted by Crippen LogP contribution is -2.25. The van der Waals surface area contributed by atoms with Crippen LogP contribution in [0.2, 0.25) is 0 Å². The van der Waals surface area contributed by atoms with Gasteiger partial charge in [-0.15, -0.1) is 0 Å². The van der Waals surface area contributed by atoms with Gasteiger partial charge >= 0.3 is 0 Å². The third-order valence-corrected chi connectivity index (χ3v) is 3.86. The van der Waals surface area contributed by atoms with Crippen LogP contribution in [0.25, 0.3) is 0 Å². The number of benzene rings is 2. The number of methoxy groups -OCH3 is 2. The van der Waals surface area contributed by atoms with Crippen molar-refractivity contribution in [3.63, 3.8) is 0 Å². The molecule has 0 radical (unpaired) electrons. The molecule has 0 spiro atoms. The predicted molar refractivity (Wildman–Crippen MR) is 99.5 cm³/mol. The van der Waals surface area contributed by atoms with E-state index in [1.165, 1.54) is 0 Å². The zero-order chi connectivity index (χ0) is 18.2. The summed E-state index contributed by atoms with van der Waals surface area (Å²) in [6, 6.07) is 12.6. The molecule has 0 fully saturated rings. The van der Waals surface area contributed by atoms with Crippen LogP contribution in [0.5, 0.6) is 17.2 Å². The summed E-state index contributed by atoms with van der Waals surface area (Å²) >= 11 is 3.34. The maximum absolute atomic E-state index is 11.9. The maximum atomic E-state index is 11.9. The van der Waals surface area contributed by atoms with Gasteiger partial charge in [0.25, 0.3) is 5.91 Å². The molecular weight excluding hydrogens is 388 g/mol. The van der Waals surface area contributed by atoms with Crippen molar-refractivity contribution in [3.8, 4) is 17.2 Å². The molecule has 0 bridgehead atoms. The van der Waals surface area contributed by atoms with Gasteiger partial charge in [0.2, 0.25) is 0 Å². The molecule has 7 heteroatoms. The number of rotatable bonds is 7. The van der Waals surface area contributed by atoms with E-state index in [-0.39, 0.29) is 12.5 Å². The van der Waals surface area contributed by atoms with E-state index >= 15 is 0 Å².